The molecule has 0 saturated carbocycles. The van der Waals surface area contributed by atoms with Crippen molar-refractivity contribution < 1.29 is 5.11 Å². The van der Waals surface area contributed by atoms with E-state index in [1.165, 1.54) is 0 Å². The second kappa shape index (κ2) is 4.51. The lowest BCUT2D eigenvalue weighted by Crippen LogP contribution is -2.43. The fourth-order valence-corrected chi connectivity index (χ4v) is 2.45. The topological polar surface area (TPSA) is 35.5 Å². The van der Waals surface area contributed by atoms with Gasteiger partial charge in [-0.3, -0.25) is 4.90 Å². The van der Waals surface area contributed by atoms with Gasteiger partial charge in [0.1, 0.15) is 5.75 Å². The molecule has 1 aromatic carbocycles. The molecule has 4 heteroatoms. The maximum absolute atomic E-state index is 9.49. The molecule has 0 amide bonds. The molecule has 0 aliphatic carbocycles. The van der Waals surface area contributed by atoms with Gasteiger partial charge in [0.2, 0.25) is 0 Å². The van der Waals surface area contributed by atoms with Crippen molar-refractivity contribution in [1.82, 2.24) is 10.2 Å². The first kappa shape index (κ1) is 10.9. The largest absolute Gasteiger partial charge is 0.508 e. The summed E-state index contributed by atoms with van der Waals surface area (Å²) < 4.78 is 1.06. The van der Waals surface area contributed by atoms with Gasteiger partial charge < -0.3 is 10.4 Å². The Kier molecular flexibility index (Phi) is 3.29. The lowest BCUT2D eigenvalue weighted by atomic mass is 10.0. The molecule has 3 nitrogen and oxygen atoms in total. The normalized spacial score (nSPS) is 22.9. The van der Waals surface area contributed by atoms with Gasteiger partial charge in [-0.2, -0.15) is 0 Å². The monoisotopic (exact) mass is 270 g/mol. The van der Waals surface area contributed by atoms with E-state index in [0.717, 1.165) is 29.7 Å². The molecule has 0 bridgehead atoms. The third-order valence-corrected chi connectivity index (χ3v) is 3.57. The van der Waals surface area contributed by atoms with Gasteiger partial charge in [-0.05, 0) is 30.8 Å². The standard InChI is InChI=1S/C11H15BrN2O/c1-14-5-4-13-7-11(14)9-6-8(15)2-3-10(9)12/h2-3,6,11,13,15H,4-5,7H2,1H3. The molecule has 1 aliphatic heterocycles. The number of phenols is 1. The number of nitrogens with zero attached hydrogens (tertiary/aromatic N) is 1. The predicted molar refractivity (Wildman–Crippen MR) is 64.0 cm³/mol. The highest BCUT2D eigenvalue weighted by molar-refractivity contribution is 9.10. The van der Waals surface area contributed by atoms with E-state index in [9.17, 15) is 5.11 Å². The van der Waals surface area contributed by atoms with E-state index in [-0.39, 0.29) is 0 Å². The number of aromatic hydroxyl groups is 1. The van der Waals surface area contributed by atoms with Crippen molar-refractivity contribution in [2.24, 2.45) is 0 Å². The number of hydrogen-bond donors (Lipinski definition) is 2. The van der Waals surface area contributed by atoms with Crippen molar-refractivity contribution in [1.29, 1.82) is 0 Å². The third kappa shape index (κ3) is 2.33. The molecule has 1 atom stereocenters. The van der Waals surface area contributed by atoms with Gasteiger partial charge in [-0.25, -0.2) is 0 Å². The SMILES string of the molecule is CN1CCNCC1c1cc(O)ccc1Br. The molecular formula is C11H15BrN2O. The van der Waals surface area contributed by atoms with E-state index >= 15 is 0 Å². The third-order valence-electron chi connectivity index (χ3n) is 2.85. The van der Waals surface area contributed by atoms with Crippen LogP contribution in [0, 0.1) is 0 Å². The highest BCUT2D eigenvalue weighted by Gasteiger charge is 2.22. The van der Waals surface area contributed by atoms with Crippen LogP contribution in [0.5, 0.6) is 5.75 Å². The highest BCUT2D eigenvalue weighted by atomic mass is 79.9. The molecule has 1 fully saturated rings. The van der Waals surface area contributed by atoms with Crippen LogP contribution in [-0.2, 0) is 0 Å². The Labute approximate surface area is 98.2 Å². The van der Waals surface area contributed by atoms with E-state index in [0.29, 0.717) is 11.8 Å². The molecule has 82 valence electrons. The zero-order chi connectivity index (χ0) is 10.8. The van der Waals surface area contributed by atoms with Crippen LogP contribution >= 0.6 is 15.9 Å². The summed E-state index contributed by atoms with van der Waals surface area (Å²) in [6.45, 7) is 2.99. The number of benzene rings is 1. The molecule has 2 N–H and O–H groups in total. The van der Waals surface area contributed by atoms with Crippen LogP contribution in [0.3, 0.4) is 0 Å². The Hall–Kier alpha value is -0.580. The zero-order valence-corrected chi connectivity index (χ0v) is 10.3. The first-order chi connectivity index (χ1) is 7.18. The maximum Gasteiger partial charge on any atom is 0.115 e. The Morgan fingerprint density at radius 2 is 2.33 bits per heavy atom. The summed E-state index contributed by atoms with van der Waals surface area (Å²) in [5.74, 6) is 0.326. The summed E-state index contributed by atoms with van der Waals surface area (Å²) >= 11 is 3.53. The molecule has 2 rings (SSSR count). The van der Waals surface area contributed by atoms with Crippen molar-refractivity contribution in [2.45, 2.75) is 6.04 Å². The number of phenolic OH excluding ortho intramolecular Hbond substituents is 1. The molecule has 1 aromatic rings. The Morgan fingerprint density at radius 1 is 1.53 bits per heavy atom. The summed E-state index contributed by atoms with van der Waals surface area (Å²) in [4.78, 5) is 2.30. The summed E-state index contributed by atoms with van der Waals surface area (Å²) in [6, 6.07) is 5.76. The summed E-state index contributed by atoms with van der Waals surface area (Å²) in [7, 11) is 2.11. The fraction of sp³-hybridized carbons (Fsp3) is 0.455. The minimum absolute atomic E-state index is 0.326. The Morgan fingerprint density at radius 3 is 3.07 bits per heavy atom. The lowest BCUT2D eigenvalue weighted by Gasteiger charge is -2.33. The van der Waals surface area contributed by atoms with E-state index in [1.807, 2.05) is 12.1 Å². The van der Waals surface area contributed by atoms with Gasteiger partial charge in [0.05, 0.1) is 0 Å². The van der Waals surface area contributed by atoms with Crippen LogP contribution in [0.1, 0.15) is 11.6 Å². The van der Waals surface area contributed by atoms with Gasteiger partial charge in [0.25, 0.3) is 0 Å². The predicted octanol–water partition coefficient (Wildman–Crippen LogP) is 1.73. The first-order valence-corrected chi connectivity index (χ1v) is 5.87. The second-order valence-corrected chi connectivity index (χ2v) is 4.76. The van der Waals surface area contributed by atoms with E-state index in [4.69, 9.17) is 0 Å². The first-order valence-electron chi connectivity index (χ1n) is 5.08. The van der Waals surface area contributed by atoms with Gasteiger partial charge in [-0.15, -0.1) is 0 Å². The fourth-order valence-electron chi connectivity index (χ4n) is 1.94. The van der Waals surface area contributed by atoms with E-state index in [1.54, 1.807) is 6.07 Å². The van der Waals surface area contributed by atoms with Crippen molar-refractivity contribution in [2.75, 3.05) is 26.7 Å². The van der Waals surface area contributed by atoms with Crippen molar-refractivity contribution in [3.05, 3.63) is 28.2 Å². The van der Waals surface area contributed by atoms with Crippen LogP contribution < -0.4 is 5.32 Å². The molecule has 15 heavy (non-hydrogen) atoms. The van der Waals surface area contributed by atoms with Crippen LogP contribution in [0.25, 0.3) is 0 Å². The van der Waals surface area contributed by atoms with Gasteiger partial charge in [0, 0.05) is 30.1 Å². The number of halogens is 1. The van der Waals surface area contributed by atoms with Crippen LogP contribution in [-0.4, -0.2) is 36.7 Å². The molecule has 0 radical (unpaired) electrons. The molecule has 0 aromatic heterocycles. The molecule has 1 aliphatic rings. The second-order valence-electron chi connectivity index (χ2n) is 3.91. The molecule has 1 unspecified atom stereocenters. The van der Waals surface area contributed by atoms with Gasteiger partial charge in [0.15, 0.2) is 0 Å². The van der Waals surface area contributed by atoms with Crippen molar-refractivity contribution in [3.8, 4) is 5.75 Å². The average Bonchev–Trinajstić information content (AvgIpc) is 2.23. The van der Waals surface area contributed by atoms with E-state index < -0.39 is 0 Å². The molecule has 0 spiro atoms. The molecule has 1 heterocycles. The highest BCUT2D eigenvalue weighted by Crippen LogP contribution is 2.30. The Balaban J connectivity index is 2.30. The molecular weight excluding hydrogens is 256 g/mol. The van der Waals surface area contributed by atoms with Crippen LogP contribution in [0.15, 0.2) is 22.7 Å². The minimum Gasteiger partial charge on any atom is -0.508 e. The summed E-state index contributed by atoms with van der Waals surface area (Å²) in [5, 5.41) is 12.9. The number of piperazine rings is 1. The lowest BCUT2D eigenvalue weighted by molar-refractivity contribution is 0.201. The number of rotatable bonds is 1. The maximum atomic E-state index is 9.49. The minimum atomic E-state index is 0.326. The Bertz CT molecular complexity index is 356. The molecule has 1 saturated heterocycles. The van der Waals surface area contributed by atoms with Gasteiger partial charge >= 0.3 is 0 Å². The zero-order valence-electron chi connectivity index (χ0n) is 8.70. The smallest absolute Gasteiger partial charge is 0.115 e. The number of hydrogen-bond acceptors (Lipinski definition) is 3. The summed E-state index contributed by atoms with van der Waals surface area (Å²) in [5.41, 5.74) is 1.14. The van der Waals surface area contributed by atoms with Crippen LogP contribution in [0.2, 0.25) is 0 Å². The summed E-state index contributed by atoms with van der Waals surface area (Å²) in [6.07, 6.45) is 0. The van der Waals surface area contributed by atoms with Crippen molar-refractivity contribution >= 4 is 15.9 Å². The van der Waals surface area contributed by atoms with E-state index in [2.05, 4.69) is 33.2 Å². The van der Waals surface area contributed by atoms with Crippen LogP contribution in [0.4, 0.5) is 0 Å². The van der Waals surface area contributed by atoms with Gasteiger partial charge in [-0.1, -0.05) is 15.9 Å². The quantitative estimate of drug-likeness (QED) is 0.816. The number of likely N-dealkylation sites (N-methyl/N-ethyl adjacent to an activating group) is 1. The van der Waals surface area contributed by atoms with Crippen molar-refractivity contribution in [3.63, 3.8) is 0 Å². The average molecular weight is 271 g/mol. The number of nitrogens with one attached hydrogen (secondary N) is 1.